The van der Waals surface area contributed by atoms with Crippen LogP contribution in [0, 0.1) is 0 Å². The van der Waals surface area contributed by atoms with E-state index >= 15 is 0 Å². The fourth-order valence-corrected chi connectivity index (χ4v) is 3.69. The fraction of sp³-hybridized carbons (Fsp3) is 0.444. The first-order valence-corrected chi connectivity index (χ1v) is 12.1. The Labute approximate surface area is 196 Å². The molecule has 0 aliphatic carbocycles. The van der Waals surface area contributed by atoms with Crippen LogP contribution in [-0.4, -0.2) is 27.9 Å². The molecule has 3 rings (SSSR count). The highest BCUT2D eigenvalue weighted by Gasteiger charge is 2.11. The lowest BCUT2D eigenvalue weighted by Gasteiger charge is -2.06. The van der Waals surface area contributed by atoms with Gasteiger partial charge >= 0.3 is 5.97 Å². The van der Waals surface area contributed by atoms with Crippen molar-refractivity contribution < 1.29 is 19.1 Å². The molecule has 0 saturated heterocycles. The molecule has 0 bridgehead atoms. The number of carbonyl (C=O) groups is 1. The first-order chi connectivity index (χ1) is 16.2. The third-order valence-corrected chi connectivity index (χ3v) is 5.67. The normalized spacial score (nSPS) is 10.9. The van der Waals surface area contributed by atoms with Gasteiger partial charge in [0.05, 0.1) is 12.2 Å². The van der Waals surface area contributed by atoms with E-state index in [9.17, 15) is 4.79 Å². The van der Waals surface area contributed by atoms with Gasteiger partial charge in [0.25, 0.3) is 0 Å². The van der Waals surface area contributed by atoms with E-state index in [4.69, 9.17) is 14.3 Å². The van der Waals surface area contributed by atoms with Gasteiger partial charge in [-0.15, -0.1) is 10.2 Å². The van der Waals surface area contributed by atoms with E-state index in [2.05, 4.69) is 17.1 Å². The number of hydrogen-bond acceptors (Lipinski definition) is 5. The predicted molar refractivity (Wildman–Crippen MR) is 129 cm³/mol. The molecule has 0 aliphatic rings. The number of benzene rings is 2. The molecule has 1 N–H and O–H groups in total. The van der Waals surface area contributed by atoms with Gasteiger partial charge in [-0.05, 0) is 55.0 Å². The monoisotopic (exact) mass is 450 g/mol. The molecule has 0 spiro atoms. The summed E-state index contributed by atoms with van der Waals surface area (Å²) in [5, 5.41) is 17.2. The Morgan fingerprint density at radius 1 is 0.758 bits per heavy atom. The number of rotatable bonds is 15. The van der Waals surface area contributed by atoms with Crippen LogP contribution in [0.15, 0.2) is 52.9 Å². The second-order valence-electron chi connectivity index (χ2n) is 8.35. The van der Waals surface area contributed by atoms with E-state index in [0.29, 0.717) is 17.3 Å². The molecular formula is C27H34N2O4. The van der Waals surface area contributed by atoms with Crippen molar-refractivity contribution in [3.8, 4) is 28.7 Å². The standard InChI is InChI=1S/C27H34N2O4/c1-2-3-4-5-6-7-8-9-10-11-20-32-24-18-16-22(17-19-24)26-29-28-25(33-26)21-12-14-23(15-13-21)27(30)31/h12-19H,2-11,20H2,1H3,(H,30,31). The van der Waals surface area contributed by atoms with Gasteiger partial charge in [0, 0.05) is 11.1 Å². The number of carboxylic acid groups (broad SMARTS) is 1. The predicted octanol–water partition coefficient (Wildman–Crippen LogP) is 7.40. The summed E-state index contributed by atoms with van der Waals surface area (Å²) in [5.41, 5.74) is 1.70. The van der Waals surface area contributed by atoms with E-state index < -0.39 is 5.97 Å². The van der Waals surface area contributed by atoms with Gasteiger partial charge < -0.3 is 14.3 Å². The summed E-state index contributed by atoms with van der Waals surface area (Å²) >= 11 is 0. The van der Waals surface area contributed by atoms with Crippen LogP contribution in [0.3, 0.4) is 0 Å². The summed E-state index contributed by atoms with van der Waals surface area (Å²) in [7, 11) is 0. The van der Waals surface area contributed by atoms with Gasteiger partial charge in [0.2, 0.25) is 11.8 Å². The van der Waals surface area contributed by atoms with E-state index in [1.54, 1.807) is 12.1 Å². The molecule has 1 heterocycles. The maximum Gasteiger partial charge on any atom is 0.335 e. The van der Waals surface area contributed by atoms with E-state index in [1.807, 2.05) is 24.3 Å². The van der Waals surface area contributed by atoms with Gasteiger partial charge in [0.1, 0.15) is 5.75 Å². The van der Waals surface area contributed by atoms with Crippen molar-refractivity contribution in [2.75, 3.05) is 6.61 Å². The number of ether oxygens (including phenoxy) is 1. The maximum atomic E-state index is 11.0. The van der Waals surface area contributed by atoms with Crippen LogP contribution in [0.4, 0.5) is 0 Å². The van der Waals surface area contributed by atoms with Crippen LogP contribution in [0.25, 0.3) is 22.9 Å². The van der Waals surface area contributed by atoms with E-state index in [1.165, 1.54) is 69.9 Å². The molecule has 0 unspecified atom stereocenters. The zero-order valence-corrected chi connectivity index (χ0v) is 19.5. The molecule has 2 aromatic carbocycles. The molecule has 0 amide bonds. The van der Waals surface area contributed by atoms with E-state index in [0.717, 1.165) is 24.3 Å². The summed E-state index contributed by atoms with van der Waals surface area (Å²) in [6.45, 7) is 2.99. The van der Waals surface area contributed by atoms with Crippen LogP contribution in [0.2, 0.25) is 0 Å². The highest BCUT2D eigenvalue weighted by molar-refractivity contribution is 5.88. The van der Waals surface area contributed by atoms with Gasteiger partial charge in [-0.2, -0.15) is 0 Å². The first-order valence-electron chi connectivity index (χ1n) is 12.1. The largest absolute Gasteiger partial charge is 0.494 e. The Morgan fingerprint density at radius 3 is 1.76 bits per heavy atom. The lowest BCUT2D eigenvalue weighted by Crippen LogP contribution is -1.97. The van der Waals surface area contributed by atoms with Crippen LogP contribution in [0.5, 0.6) is 5.75 Å². The van der Waals surface area contributed by atoms with Crippen molar-refractivity contribution in [1.29, 1.82) is 0 Å². The average Bonchev–Trinajstić information content (AvgIpc) is 3.33. The highest BCUT2D eigenvalue weighted by atomic mass is 16.5. The smallest absolute Gasteiger partial charge is 0.335 e. The minimum Gasteiger partial charge on any atom is -0.494 e. The highest BCUT2D eigenvalue weighted by Crippen LogP contribution is 2.26. The maximum absolute atomic E-state index is 11.0. The summed E-state index contributed by atoms with van der Waals surface area (Å²) in [5.74, 6) is 0.624. The summed E-state index contributed by atoms with van der Waals surface area (Å²) in [4.78, 5) is 11.0. The Balaban J connectivity index is 1.37. The Hall–Kier alpha value is -3.15. The van der Waals surface area contributed by atoms with Crippen LogP contribution < -0.4 is 4.74 Å². The molecule has 33 heavy (non-hydrogen) atoms. The number of hydrogen-bond donors (Lipinski definition) is 1. The Bertz CT molecular complexity index is 965. The second kappa shape index (κ2) is 13.4. The average molecular weight is 451 g/mol. The zero-order chi connectivity index (χ0) is 23.3. The molecule has 0 aliphatic heterocycles. The summed E-state index contributed by atoms with van der Waals surface area (Å²) < 4.78 is 11.6. The summed E-state index contributed by atoms with van der Waals surface area (Å²) in [6, 6.07) is 14.0. The molecule has 3 aromatic rings. The van der Waals surface area contributed by atoms with Crippen molar-refractivity contribution in [1.82, 2.24) is 10.2 Å². The number of nitrogens with zero attached hydrogens (tertiary/aromatic N) is 2. The lowest BCUT2D eigenvalue weighted by molar-refractivity contribution is 0.0697. The van der Waals surface area contributed by atoms with Gasteiger partial charge in [0.15, 0.2) is 0 Å². The summed E-state index contributed by atoms with van der Waals surface area (Å²) in [6.07, 6.45) is 13.1. The number of aromatic carboxylic acids is 1. The van der Waals surface area contributed by atoms with Crippen LogP contribution >= 0.6 is 0 Å². The molecule has 6 heteroatoms. The first kappa shape index (κ1) is 24.5. The van der Waals surface area contributed by atoms with Crippen molar-refractivity contribution in [3.05, 3.63) is 54.1 Å². The SMILES string of the molecule is CCCCCCCCCCCCOc1ccc(-c2nnc(-c3ccc(C(=O)O)cc3)o2)cc1. The minimum absolute atomic E-state index is 0.215. The molecule has 0 fully saturated rings. The second-order valence-corrected chi connectivity index (χ2v) is 8.35. The molecule has 0 atom stereocenters. The molecule has 176 valence electrons. The Morgan fingerprint density at radius 2 is 1.24 bits per heavy atom. The quantitative estimate of drug-likeness (QED) is 0.243. The van der Waals surface area contributed by atoms with Gasteiger partial charge in [-0.3, -0.25) is 0 Å². The van der Waals surface area contributed by atoms with Crippen molar-refractivity contribution in [2.45, 2.75) is 71.1 Å². The van der Waals surface area contributed by atoms with E-state index in [-0.39, 0.29) is 5.56 Å². The zero-order valence-electron chi connectivity index (χ0n) is 19.5. The topological polar surface area (TPSA) is 85.5 Å². The van der Waals surface area contributed by atoms with Crippen molar-refractivity contribution in [3.63, 3.8) is 0 Å². The molecule has 6 nitrogen and oxygen atoms in total. The van der Waals surface area contributed by atoms with Crippen molar-refractivity contribution >= 4 is 5.97 Å². The molecular weight excluding hydrogens is 416 g/mol. The third-order valence-electron chi connectivity index (χ3n) is 5.67. The minimum atomic E-state index is -0.969. The fourth-order valence-electron chi connectivity index (χ4n) is 3.69. The number of aromatic nitrogens is 2. The molecule has 1 aromatic heterocycles. The number of unbranched alkanes of at least 4 members (excludes halogenated alkanes) is 9. The van der Waals surface area contributed by atoms with Gasteiger partial charge in [-0.1, -0.05) is 64.7 Å². The van der Waals surface area contributed by atoms with Crippen LogP contribution in [-0.2, 0) is 0 Å². The molecule has 0 radical (unpaired) electrons. The Kier molecular flexibility index (Phi) is 9.95. The number of carboxylic acids is 1. The molecule has 0 saturated carbocycles. The van der Waals surface area contributed by atoms with Gasteiger partial charge in [-0.25, -0.2) is 4.79 Å². The van der Waals surface area contributed by atoms with Crippen molar-refractivity contribution in [2.24, 2.45) is 0 Å². The lowest BCUT2D eigenvalue weighted by atomic mass is 10.1. The third kappa shape index (κ3) is 8.04. The van der Waals surface area contributed by atoms with Crippen LogP contribution in [0.1, 0.15) is 81.5 Å².